The third-order valence-corrected chi connectivity index (χ3v) is 5.65. The van der Waals surface area contributed by atoms with Crippen LogP contribution in [0.1, 0.15) is 39.5 Å². The van der Waals surface area contributed by atoms with Crippen molar-refractivity contribution >= 4 is 16.9 Å². The van der Waals surface area contributed by atoms with Crippen molar-refractivity contribution in [2.45, 2.75) is 57.7 Å². The lowest BCUT2D eigenvalue weighted by atomic mass is 10.0. The number of aromatic nitrogens is 4. The van der Waals surface area contributed by atoms with Crippen LogP contribution in [0.25, 0.3) is 11.0 Å². The van der Waals surface area contributed by atoms with Crippen molar-refractivity contribution in [2.24, 2.45) is 7.05 Å². The lowest BCUT2D eigenvalue weighted by Gasteiger charge is -2.42. The molecule has 4 heterocycles. The molecule has 0 spiro atoms. The van der Waals surface area contributed by atoms with E-state index in [1.165, 1.54) is 25.7 Å². The number of hydrogen-bond donors (Lipinski definition) is 0. The van der Waals surface area contributed by atoms with Gasteiger partial charge < -0.3 is 4.90 Å². The summed E-state index contributed by atoms with van der Waals surface area (Å²) in [6, 6.07) is 2.05. The van der Waals surface area contributed by atoms with E-state index in [0.717, 1.165) is 29.9 Å². The first-order valence-electron chi connectivity index (χ1n) is 8.80. The van der Waals surface area contributed by atoms with E-state index < -0.39 is 0 Å². The average molecular weight is 314 g/mol. The Kier molecular flexibility index (Phi) is 3.71. The number of nitrogens with zero attached hydrogens (tertiary/aromatic N) is 6. The fourth-order valence-electron chi connectivity index (χ4n) is 4.53. The first kappa shape index (κ1) is 14.9. The molecule has 2 aromatic heterocycles. The van der Waals surface area contributed by atoms with Crippen LogP contribution in [0.4, 0.5) is 5.82 Å². The number of hydrogen-bond acceptors (Lipinski definition) is 5. The molecular weight excluding hydrogens is 288 g/mol. The Labute approximate surface area is 137 Å². The van der Waals surface area contributed by atoms with Crippen LogP contribution in [0.15, 0.2) is 12.5 Å². The van der Waals surface area contributed by atoms with E-state index in [9.17, 15) is 0 Å². The maximum absolute atomic E-state index is 4.59. The van der Waals surface area contributed by atoms with Crippen LogP contribution in [0.3, 0.4) is 0 Å². The van der Waals surface area contributed by atoms with Crippen molar-refractivity contribution in [1.82, 2.24) is 24.6 Å². The Morgan fingerprint density at radius 1 is 1.09 bits per heavy atom. The van der Waals surface area contributed by atoms with Crippen LogP contribution >= 0.6 is 0 Å². The topological polar surface area (TPSA) is 50.1 Å². The number of aryl methyl sites for hydroxylation is 1. The fourth-order valence-corrected chi connectivity index (χ4v) is 4.53. The molecule has 23 heavy (non-hydrogen) atoms. The number of anilines is 1. The quantitative estimate of drug-likeness (QED) is 0.850. The van der Waals surface area contributed by atoms with Gasteiger partial charge in [-0.1, -0.05) is 0 Å². The van der Waals surface area contributed by atoms with Gasteiger partial charge in [-0.3, -0.25) is 9.58 Å². The van der Waals surface area contributed by atoms with Crippen molar-refractivity contribution in [2.75, 3.05) is 18.0 Å². The van der Waals surface area contributed by atoms with E-state index in [1.807, 2.05) is 17.9 Å². The molecule has 2 aromatic rings. The van der Waals surface area contributed by atoms with E-state index in [4.69, 9.17) is 0 Å². The molecule has 6 nitrogen and oxygen atoms in total. The average Bonchev–Trinajstić information content (AvgIpc) is 3.10. The Balaban J connectivity index is 1.61. The maximum Gasteiger partial charge on any atom is 0.163 e. The predicted molar refractivity (Wildman–Crippen MR) is 91.5 cm³/mol. The van der Waals surface area contributed by atoms with E-state index in [-0.39, 0.29) is 0 Å². The molecule has 0 radical (unpaired) electrons. The minimum atomic E-state index is 0.637. The van der Waals surface area contributed by atoms with Gasteiger partial charge in [-0.25, -0.2) is 9.97 Å². The molecule has 0 saturated carbocycles. The fraction of sp³-hybridized carbons (Fsp3) is 0.706. The summed E-state index contributed by atoms with van der Waals surface area (Å²) in [6.07, 6.45) is 8.76. The number of rotatable bonds is 2. The summed E-state index contributed by atoms with van der Waals surface area (Å²) >= 11 is 0. The zero-order valence-corrected chi connectivity index (χ0v) is 14.3. The van der Waals surface area contributed by atoms with Crippen molar-refractivity contribution < 1.29 is 0 Å². The molecule has 0 aliphatic carbocycles. The van der Waals surface area contributed by atoms with Crippen molar-refractivity contribution in [3.63, 3.8) is 0 Å². The normalized spacial score (nSPS) is 29.5. The van der Waals surface area contributed by atoms with Crippen molar-refractivity contribution in [3.8, 4) is 0 Å². The molecule has 0 aromatic carbocycles. The van der Waals surface area contributed by atoms with Crippen LogP contribution in [0, 0.1) is 0 Å². The molecule has 2 fully saturated rings. The van der Waals surface area contributed by atoms with Crippen LogP contribution < -0.4 is 4.90 Å². The van der Waals surface area contributed by atoms with E-state index in [1.54, 1.807) is 6.33 Å². The zero-order chi connectivity index (χ0) is 16.0. The SMILES string of the molecule is C[C@@H]1CC[C@@H](C)N1[C@@H]1CCCN(c2ncnc3c2cnn3C)C1. The monoisotopic (exact) mass is 314 g/mol. The van der Waals surface area contributed by atoms with Gasteiger partial charge in [-0.15, -0.1) is 0 Å². The molecule has 6 heteroatoms. The largest absolute Gasteiger partial charge is 0.354 e. The van der Waals surface area contributed by atoms with Gasteiger partial charge >= 0.3 is 0 Å². The molecule has 2 saturated heterocycles. The highest BCUT2D eigenvalue weighted by molar-refractivity contribution is 5.86. The highest BCUT2D eigenvalue weighted by atomic mass is 15.3. The third-order valence-electron chi connectivity index (χ3n) is 5.65. The van der Waals surface area contributed by atoms with E-state index in [0.29, 0.717) is 18.1 Å². The second kappa shape index (κ2) is 5.74. The van der Waals surface area contributed by atoms with Gasteiger partial charge in [0.2, 0.25) is 0 Å². The minimum Gasteiger partial charge on any atom is -0.354 e. The first-order chi connectivity index (χ1) is 11.1. The smallest absolute Gasteiger partial charge is 0.163 e. The summed E-state index contributed by atoms with van der Waals surface area (Å²) in [5.41, 5.74) is 0.917. The van der Waals surface area contributed by atoms with Crippen LogP contribution in [-0.4, -0.2) is 55.9 Å². The van der Waals surface area contributed by atoms with Gasteiger partial charge in [0.1, 0.15) is 12.1 Å². The summed E-state index contributed by atoms with van der Waals surface area (Å²) < 4.78 is 1.83. The molecule has 2 aliphatic heterocycles. The highest BCUT2D eigenvalue weighted by Crippen LogP contribution is 2.32. The summed E-state index contributed by atoms with van der Waals surface area (Å²) in [7, 11) is 1.94. The molecule has 124 valence electrons. The summed E-state index contributed by atoms with van der Waals surface area (Å²) in [5.74, 6) is 1.05. The molecule has 2 aliphatic rings. The van der Waals surface area contributed by atoms with E-state index >= 15 is 0 Å². The lowest BCUT2D eigenvalue weighted by molar-refractivity contribution is 0.129. The van der Waals surface area contributed by atoms with Gasteiger partial charge in [-0.05, 0) is 39.5 Å². The first-order valence-corrected chi connectivity index (χ1v) is 8.80. The highest BCUT2D eigenvalue weighted by Gasteiger charge is 2.35. The minimum absolute atomic E-state index is 0.637. The Morgan fingerprint density at radius 2 is 1.87 bits per heavy atom. The molecule has 0 amide bonds. The molecular formula is C17H26N6. The molecule has 0 bridgehead atoms. The zero-order valence-electron chi connectivity index (χ0n) is 14.3. The summed E-state index contributed by atoms with van der Waals surface area (Å²) in [4.78, 5) is 14.1. The molecule has 0 unspecified atom stereocenters. The second-order valence-electron chi connectivity index (χ2n) is 7.17. The second-order valence-corrected chi connectivity index (χ2v) is 7.17. The number of fused-ring (bicyclic) bond motifs is 1. The van der Waals surface area contributed by atoms with Gasteiger partial charge in [-0.2, -0.15) is 5.10 Å². The van der Waals surface area contributed by atoms with Crippen LogP contribution in [0.5, 0.6) is 0 Å². The number of piperidine rings is 1. The van der Waals surface area contributed by atoms with Crippen molar-refractivity contribution in [1.29, 1.82) is 0 Å². The summed E-state index contributed by atoms with van der Waals surface area (Å²) in [5, 5.41) is 5.42. The molecule has 0 N–H and O–H groups in total. The lowest BCUT2D eigenvalue weighted by Crippen LogP contribution is -2.51. The number of likely N-dealkylation sites (tertiary alicyclic amines) is 1. The van der Waals surface area contributed by atoms with Gasteiger partial charge in [0.15, 0.2) is 5.65 Å². The van der Waals surface area contributed by atoms with Crippen molar-refractivity contribution in [3.05, 3.63) is 12.5 Å². The van der Waals surface area contributed by atoms with Gasteiger partial charge in [0.05, 0.1) is 11.6 Å². The van der Waals surface area contributed by atoms with Gasteiger partial charge in [0.25, 0.3) is 0 Å². The predicted octanol–water partition coefficient (Wildman–Crippen LogP) is 2.20. The van der Waals surface area contributed by atoms with Crippen LogP contribution in [-0.2, 0) is 7.05 Å². The van der Waals surface area contributed by atoms with Gasteiger partial charge in [0, 0.05) is 38.3 Å². The summed E-state index contributed by atoms with van der Waals surface area (Å²) in [6.45, 7) is 6.91. The maximum atomic E-state index is 4.59. The Hall–Kier alpha value is -1.69. The molecule has 3 atom stereocenters. The standard InChI is InChI=1S/C17H26N6/c1-12-6-7-13(2)23(12)14-5-4-8-22(10-14)17-15-9-20-21(3)16(15)18-11-19-17/h9,11-14H,4-8,10H2,1-3H3/t12-,13-,14-/m1/s1. The van der Waals surface area contributed by atoms with E-state index in [2.05, 4.69) is 38.7 Å². The van der Waals surface area contributed by atoms with Crippen LogP contribution in [0.2, 0.25) is 0 Å². The Bertz CT molecular complexity index is 685. The third kappa shape index (κ3) is 2.49. The Morgan fingerprint density at radius 3 is 2.65 bits per heavy atom. The molecule has 4 rings (SSSR count).